The first kappa shape index (κ1) is 15.2. The Balaban J connectivity index is 2.36. The van der Waals surface area contributed by atoms with Crippen molar-refractivity contribution in [1.82, 2.24) is 9.78 Å². The molecular weight excluding hydrogens is 271 g/mol. The molecule has 112 valence electrons. The molecule has 1 aromatic heterocycles. The highest BCUT2D eigenvalue weighted by molar-refractivity contribution is 5.71. The van der Waals surface area contributed by atoms with Crippen LogP contribution in [0.1, 0.15) is 36.4 Å². The standard InChI is InChI=1S/C16H19FN2O2/c1-3-14-13(9-16(20)21)15(4-2)19(18-14)10-11-5-7-12(17)8-6-11/h5-8H,3-4,9-10H2,1-2H3,(H,20,21). The summed E-state index contributed by atoms with van der Waals surface area (Å²) in [6.07, 6.45) is 1.42. The van der Waals surface area contributed by atoms with Gasteiger partial charge in [0.2, 0.25) is 0 Å². The number of halogens is 1. The molecule has 5 heteroatoms. The minimum atomic E-state index is -0.847. The average molecular weight is 290 g/mol. The molecule has 0 fully saturated rings. The Morgan fingerprint density at radius 3 is 2.43 bits per heavy atom. The largest absolute Gasteiger partial charge is 0.481 e. The summed E-state index contributed by atoms with van der Waals surface area (Å²) in [5.41, 5.74) is 3.53. The molecular formula is C16H19FN2O2. The molecule has 4 nitrogen and oxygen atoms in total. The van der Waals surface area contributed by atoms with E-state index in [4.69, 9.17) is 5.11 Å². The number of carboxylic acid groups (broad SMARTS) is 1. The van der Waals surface area contributed by atoms with Gasteiger partial charge in [0.05, 0.1) is 18.7 Å². The number of aliphatic carboxylic acids is 1. The zero-order valence-electron chi connectivity index (χ0n) is 12.3. The Kier molecular flexibility index (Phi) is 4.73. The maximum Gasteiger partial charge on any atom is 0.307 e. The topological polar surface area (TPSA) is 55.1 Å². The van der Waals surface area contributed by atoms with E-state index in [-0.39, 0.29) is 12.2 Å². The van der Waals surface area contributed by atoms with E-state index in [1.54, 1.807) is 12.1 Å². The third-order valence-electron chi connectivity index (χ3n) is 3.49. The third-order valence-corrected chi connectivity index (χ3v) is 3.49. The summed E-state index contributed by atoms with van der Waals surface area (Å²) in [4.78, 5) is 11.0. The second-order valence-electron chi connectivity index (χ2n) is 4.93. The molecule has 2 rings (SSSR count). The minimum Gasteiger partial charge on any atom is -0.481 e. The van der Waals surface area contributed by atoms with Gasteiger partial charge in [-0.25, -0.2) is 4.39 Å². The lowest BCUT2D eigenvalue weighted by Crippen LogP contribution is -2.08. The number of aromatic nitrogens is 2. The van der Waals surface area contributed by atoms with Crippen LogP contribution in [0.25, 0.3) is 0 Å². The van der Waals surface area contributed by atoms with Crippen molar-refractivity contribution in [3.63, 3.8) is 0 Å². The van der Waals surface area contributed by atoms with Gasteiger partial charge in [-0.2, -0.15) is 5.10 Å². The van der Waals surface area contributed by atoms with E-state index in [1.165, 1.54) is 12.1 Å². The van der Waals surface area contributed by atoms with Crippen molar-refractivity contribution < 1.29 is 14.3 Å². The Morgan fingerprint density at radius 2 is 1.90 bits per heavy atom. The van der Waals surface area contributed by atoms with Crippen LogP contribution in [0.2, 0.25) is 0 Å². The number of aryl methyl sites for hydroxylation is 1. The molecule has 2 aromatic rings. The van der Waals surface area contributed by atoms with Gasteiger partial charge in [0, 0.05) is 11.3 Å². The van der Waals surface area contributed by atoms with Gasteiger partial charge >= 0.3 is 5.97 Å². The molecule has 0 bridgehead atoms. The van der Waals surface area contributed by atoms with E-state index >= 15 is 0 Å². The molecule has 0 saturated heterocycles. The first-order valence-electron chi connectivity index (χ1n) is 7.08. The van der Waals surface area contributed by atoms with Crippen molar-refractivity contribution in [3.8, 4) is 0 Å². The van der Waals surface area contributed by atoms with Crippen molar-refractivity contribution in [2.75, 3.05) is 0 Å². The quantitative estimate of drug-likeness (QED) is 0.890. The maximum atomic E-state index is 12.9. The van der Waals surface area contributed by atoms with E-state index in [1.807, 2.05) is 18.5 Å². The highest BCUT2D eigenvalue weighted by Crippen LogP contribution is 2.18. The molecule has 0 amide bonds. The molecule has 0 atom stereocenters. The summed E-state index contributed by atoms with van der Waals surface area (Å²) in [6, 6.07) is 6.28. The molecule has 0 saturated carbocycles. The number of nitrogens with zero attached hydrogens (tertiary/aromatic N) is 2. The molecule has 0 aliphatic heterocycles. The van der Waals surface area contributed by atoms with E-state index in [0.717, 1.165) is 28.9 Å². The van der Waals surface area contributed by atoms with E-state index < -0.39 is 5.97 Å². The van der Waals surface area contributed by atoms with Crippen molar-refractivity contribution >= 4 is 5.97 Å². The number of rotatable bonds is 6. The molecule has 0 unspecified atom stereocenters. The number of hydrogen-bond donors (Lipinski definition) is 1. The van der Waals surface area contributed by atoms with Crippen LogP contribution in [-0.4, -0.2) is 20.9 Å². The molecule has 1 heterocycles. The summed E-state index contributed by atoms with van der Waals surface area (Å²) in [7, 11) is 0. The minimum absolute atomic E-state index is 0.00420. The van der Waals surface area contributed by atoms with Crippen LogP contribution in [0.15, 0.2) is 24.3 Å². The fourth-order valence-electron chi connectivity index (χ4n) is 2.52. The molecule has 0 radical (unpaired) electrons. The van der Waals surface area contributed by atoms with Gasteiger partial charge in [-0.05, 0) is 30.5 Å². The first-order valence-corrected chi connectivity index (χ1v) is 7.08. The zero-order chi connectivity index (χ0) is 15.4. The van der Waals surface area contributed by atoms with Gasteiger partial charge in [0.15, 0.2) is 0 Å². The Bertz CT molecular complexity index is 632. The van der Waals surface area contributed by atoms with Gasteiger partial charge in [-0.15, -0.1) is 0 Å². The summed E-state index contributed by atoms with van der Waals surface area (Å²) in [6.45, 7) is 4.48. The summed E-state index contributed by atoms with van der Waals surface area (Å²) < 4.78 is 14.8. The fraction of sp³-hybridized carbons (Fsp3) is 0.375. The van der Waals surface area contributed by atoms with Crippen LogP contribution >= 0.6 is 0 Å². The van der Waals surface area contributed by atoms with Gasteiger partial charge in [-0.3, -0.25) is 9.48 Å². The second kappa shape index (κ2) is 6.52. The zero-order valence-corrected chi connectivity index (χ0v) is 12.3. The summed E-state index contributed by atoms with van der Waals surface area (Å²) in [5, 5.41) is 13.6. The second-order valence-corrected chi connectivity index (χ2v) is 4.93. The SMILES string of the molecule is CCc1nn(Cc2ccc(F)cc2)c(CC)c1CC(=O)O. The Morgan fingerprint density at radius 1 is 1.24 bits per heavy atom. The van der Waals surface area contributed by atoms with E-state index in [2.05, 4.69) is 5.10 Å². The van der Waals surface area contributed by atoms with Crippen molar-refractivity contribution in [1.29, 1.82) is 0 Å². The third kappa shape index (κ3) is 3.48. The molecule has 0 spiro atoms. The van der Waals surface area contributed by atoms with E-state index in [9.17, 15) is 9.18 Å². The number of benzene rings is 1. The van der Waals surface area contributed by atoms with Crippen molar-refractivity contribution in [3.05, 3.63) is 52.6 Å². The predicted molar refractivity (Wildman–Crippen MR) is 77.8 cm³/mol. The Labute approximate surface area is 123 Å². The Hall–Kier alpha value is -2.17. The van der Waals surface area contributed by atoms with Crippen LogP contribution in [0, 0.1) is 5.82 Å². The van der Waals surface area contributed by atoms with Crippen molar-refractivity contribution in [2.24, 2.45) is 0 Å². The number of hydrogen-bond acceptors (Lipinski definition) is 2. The van der Waals surface area contributed by atoms with Gasteiger partial charge in [0.1, 0.15) is 5.82 Å². The molecule has 1 aromatic carbocycles. The van der Waals surface area contributed by atoms with Crippen LogP contribution in [0.4, 0.5) is 4.39 Å². The normalized spacial score (nSPS) is 10.8. The van der Waals surface area contributed by atoms with E-state index in [0.29, 0.717) is 13.0 Å². The first-order chi connectivity index (χ1) is 10.0. The monoisotopic (exact) mass is 290 g/mol. The highest BCUT2D eigenvalue weighted by atomic mass is 19.1. The van der Waals surface area contributed by atoms with Crippen LogP contribution in [-0.2, 0) is 30.6 Å². The molecule has 0 aliphatic carbocycles. The average Bonchev–Trinajstić information content (AvgIpc) is 2.77. The molecule has 1 N–H and O–H groups in total. The number of carbonyl (C=O) groups is 1. The van der Waals surface area contributed by atoms with Crippen LogP contribution in [0.5, 0.6) is 0 Å². The number of carboxylic acids is 1. The predicted octanol–water partition coefficient (Wildman–Crippen LogP) is 2.82. The summed E-state index contributed by atoms with van der Waals surface area (Å²) in [5.74, 6) is -1.11. The fourth-order valence-corrected chi connectivity index (χ4v) is 2.52. The van der Waals surface area contributed by atoms with Gasteiger partial charge < -0.3 is 5.11 Å². The lowest BCUT2D eigenvalue weighted by atomic mass is 10.1. The maximum absolute atomic E-state index is 12.9. The lowest BCUT2D eigenvalue weighted by Gasteiger charge is -2.07. The lowest BCUT2D eigenvalue weighted by molar-refractivity contribution is -0.136. The molecule has 0 aliphatic rings. The van der Waals surface area contributed by atoms with Gasteiger partial charge in [-0.1, -0.05) is 26.0 Å². The summed E-state index contributed by atoms with van der Waals surface area (Å²) >= 11 is 0. The van der Waals surface area contributed by atoms with Crippen LogP contribution < -0.4 is 0 Å². The van der Waals surface area contributed by atoms with Gasteiger partial charge in [0.25, 0.3) is 0 Å². The van der Waals surface area contributed by atoms with Crippen molar-refractivity contribution in [2.45, 2.75) is 39.7 Å². The highest BCUT2D eigenvalue weighted by Gasteiger charge is 2.17. The molecule has 21 heavy (non-hydrogen) atoms. The smallest absolute Gasteiger partial charge is 0.307 e. The van der Waals surface area contributed by atoms with Crippen LogP contribution in [0.3, 0.4) is 0 Å².